The van der Waals surface area contributed by atoms with Crippen molar-refractivity contribution in [1.29, 1.82) is 0 Å². The van der Waals surface area contributed by atoms with E-state index in [0.29, 0.717) is 24.6 Å². The van der Waals surface area contributed by atoms with Crippen molar-refractivity contribution in [3.05, 3.63) is 40.0 Å². The Labute approximate surface area is 150 Å². The highest BCUT2D eigenvalue weighted by Crippen LogP contribution is 2.34. The lowest BCUT2D eigenvalue weighted by Gasteiger charge is -2.30. The Morgan fingerprint density at radius 1 is 1.42 bits per heavy atom. The van der Waals surface area contributed by atoms with Gasteiger partial charge in [0.25, 0.3) is 5.69 Å². The lowest BCUT2D eigenvalue weighted by atomic mass is 10.00. The number of rotatable bonds is 5. The minimum atomic E-state index is -4.05. The van der Waals surface area contributed by atoms with Crippen LogP contribution < -0.4 is 4.74 Å². The van der Waals surface area contributed by atoms with E-state index in [9.17, 15) is 18.5 Å². The third-order valence-electron chi connectivity index (χ3n) is 4.26. The van der Waals surface area contributed by atoms with Gasteiger partial charge in [0, 0.05) is 13.1 Å². The van der Waals surface area contributed by atoms with Crippen LogP contribution in [0.1, 0.15) is 30.5 Å². The third kappa shape index (κ3) is 3.40. The Kier molecular flexibility index (Phi) is 4.92. The van der Waals surface area contributed by atoms with E-state index in [1.54, 1.807) is 6.92 Å². The molecule has 26 heavy (non-hydrogen) atoms. The number of benzene rings is 1. The summed E-state index contributed by atoms with van der Waals surface area (Å²) in [5.41, 5.74) is -0.514. The zero-order valence-electron chi connectivity index (χ0n) is 14.3. The van der Waals surface area contributed by atoms with Crippen molar-refractivity contribution in [2.24, 2.45) is 0 Å². The molecule has 0 bridgehead atoms. The van der Waals surface area contributed by atoms with Crippen LogP contribution in [0.2, 0.25) is 0 Å². The topological polar surface area (TPSA) is 129 Å². The fourth-order valence-electron chi connectivity index (χ4n) is 2.97. The molecule has 1 unspecified atom stereocenters. The van der Waals surface area contributed by atoms with Gasteiger partial charge in [-0.1, -0.05) is 5.16 Å². The van der Waals surface area contributed by atoms with Gasteiger partial charge in [-0.05, 0) is 31.9 Å². The number of piperidine rings is 1. The second-order valence-corrected chi connectivity index (χ2v) is 7.88. The average Bonchev–Trinajstić information content (AvgIpc) is 3.07. The summed E-state index contributed by atoms with van der Waals surface area (Å²) in [7, 11) is -2.69. The predicted molar refractivity (Wildman–Crippen MR) is 89.4 cm³/mol. The zero-order valence-corrected chi connectivity index (χ0v) is 15.1. The van der Waals surface area contributed by atoms with Crippen LogP contribution in [0.15, 0.2) is 27.6 Å². The second-order valence-electron chi connectivity index (χ2n) is 5.97. The van der Waals surface area contributed by atoms with Crippen molar-refractivity contribution in [3.63, 3.8) is 0 Å². The van der Waals surface area contributed by atoms with Crippen LogP contribution in [0.25, 0.3) is 0 Å². The molecule has 1 aliphatic heterocycles. The molecule has 1 aromatic heterocycles. The van der Waals surface area contributed by atoms with Gasteiger partial charge >= 0.3 is 0 Å². The molecule has 2 heterocycles. The molecule has 140 valence electrons. The van der Waals surface area contributed by atoms with Gasteiger partial charge in [-0.3, -0.25) is 10.1 Å². The van der Waals surface area contributed by atoms with Gasteiger partial charge in [0.1, 0.15) is 5.75 Å². The third-order valence-corrected chi connectivity index (χ3v) is 6.17. The maximum absolute atomic E-state index is 13.0. The largest absolute Gasteiger partial charge is 0.497 e. The fourth-order valence-corrected chi connectivity index (χ4v) is 4.63. The van der Waals surface area contributed by atoms with Crippen LogP contribution in [-0.2, 0) is 10.0 Å². The lowest BCUT2D eigenvalue weighted by molar-refractivity contribution is -0.387. The summed E-state index contributed by atoms with van der Waals surface area (Å²) in [5, 5.41) is 15.1. The maximum Gasteiger partial charge on any atom is 0.293 e. The highest BCUT2D eigenvalue weighted by atomic mass is 32.2. The molecular weight excluding hydrogens is 364 g/mol. The Hall–Kier alpha value is -2.53. The summed E-state index contributed by atoms with van der Waals surface area (Å²) in [6, 6.07) is 3.70. The van der Waals surface area contributed by atoms with Crippen LogP contribution in [0.5, 0.6) is 5.75 Å². The molecule has 10 nitrogen and oxygen atoms in total. The van der Waals surface area contributed by atoms with Crippen LogP contribution in [0.3, 0.4) is 0 Å². The minimum Gasteiger partial charge on any atom is -0.497 e. The number of nitro benzene ring substituents is 1. The number of ether oxygens (including phenoxy) is 1. The van der Waals surface area contributed by atoms with Gasteiger partial charge in [0.15, 0.2) is 10.7 Å². The first-order valence-electron chi connectivity index (χ1n) is 7.95. The van der Waals surface area contributed by atoms with E-state index in [0.717, 1.165) is 6.07 Å². The van der Waals surface area contributed by atoms with Crippen molar-refractivity contribution in [3.8, 4) is 5.75 Å². The average molecular weight is 382 g/mol. The van der Waals surface area contributed by atoms with Crippen molar-refractivity contribution in [2.75, 3.05) is 20.2 Å². The maximum atomic E-state index is 13.0. The van der Waals surface area contributed by atoms with E-state index in [-0.39, 0.29) is 29.7 Å². The van der Waals surface area contributed by atoms with Crippen molar-refractivity contribution >= 4 is 15.7 Å². The number of sulfonamides is 1. The van der Waals surface area contributed by atoms with Gasteiger partial charge in [-0.15, -0.1) is 0 Å². The van der Waals surface area contributed by atoms with E-state index in [1.807, 2.05) is 0 Å². The number of aromatic nitrogens is 2. The first kappa shape index (κ1) is 18.3. The number of nitrogens with zero attached hydrogens (tertiary/aromatic N) is 4. The van der Waals surface area contributed by atoms with Crippen LogP contribution in [-0.4, -0.2) is 48.0 Å². The summed E-state index contributed by atoms with van der Waals surface area (Å²) >= 11 is 0. The Bertz CT molecular complexity index is 926. The first-order valence-corrected chi connectivity index (χ1v) is 9.39. The van der Waals surface area contributed by atoms with E-state index in [1.165, 1.54) is 23.5 Å². The number of methoxy groups -OCH3 is 1. The summed E-state index contributed by atoms with van der Waals surface area (Å²) in [4.78, 5) is 14.4. The number of nitro groups is 1. The summed E-state index contributed by atoms with van der Waals surface area (Å²) < 4.78 is 37.4. The highest BCUT2D eigenvalue weighted by molar-refractivity contribution is 7.89. The molecule has 2 aromatic rings. The molecule has 0 spiro atoms. The predicted octanol–water partition coefficient (Wildman–Crippen LogP) is 1.86. The van der Waals surface area contributed by atoms with Gasteiger partial charge in [-0.25, -0.2) is 8.42 Å². The zero-order chi connectivity index (χ0) is 18.9. The molecule has 1 aliphatic rings. The Balaban J connectivity index is 1.93. The van der Waals surface area contributed by atoms with Crippen molar-refractivity contribution in [1.82, 2.24) is 14.4 Å². The van der Waals surface area contributed by atoms with Gasteiger partial charge in [0.2, 0.25) is 15.9 Å². The molecule has 11 heteroatoms. The Morgan fingerprint density at radius 2 is 2.19 bits per heavy atom. The van der Waals surface area contributed by atoms with E-state index in [2.05, 4.69) is 10.1 Å². The summed E-state index contributed by atoms with van der Waals surface area (Å²) in [6.45, 7) is 2.09. The van der Waals surface area contributed by atoms with Crippen LogP contribution >= 0.6 is 0 Å². The van der Waals surface area contributed by atoms with Crippen LogP contribution in [0.4, 0.5) is 5.69 Å². The molecule has 0 aliphatic carbocycles. The summed E-state index contributed by atoms with van der Waals surface area (Å²) in [6.07, 6.45) is 1.30. The number of hydrogen-bond acceptors (Lipinski definition) is 8. The van der Waals surface area contributed by atoms with Gasteiger partial charge < -0.3 is 9.26 Å². The number of hydrogen-bond donors (Lipinski definition) is 0. The van der Waals surface area contributed by atoms with Crippen LogP contribution in [0, 0.1) is 17.0 Å². The molecule has 1 aromatic carbocycles. The van der Waals surface area contributed by atoms with Crippen molar-refractivity contribution in [2.45, 2.75) is 30.6 Å². The van der Waals surface area contributed by atoms with Gasteiger partial charge in [0.05, 0.1) is 24.0 Å². The second kappa shape index (κ2) is 7.00. The SMILES string of the molecule is COc1ccc(S(=O)(=O)N2CCCC(c3nc(C)no3)C2)c([N+](=O)[O-])c1. The van der Waals surface area contributed by atoms with Gasteiger partial charge in [-0.2, -0.15) is 9.29 Å². The highest BCUT2D eigenvalue weighted by Gasteiger charge is 2.36. The molecule has 0 saturated carbocycles. The number of aryl methyl sites for hydroxylation is 1. The Morgan fingerprint density at radius 3 is 2.81 bits per heavy atom. The lowest BCUT2D eigenvalue weighted by Crippen LogP contribution is -2.39. The van der Waals surface area contributed by atoms with E-state index in [4.69, 9.17) is 9.26 Å². The molecule has 1 saturated heterocycles. The van der Waals surface area contributed by atoms with Crippen molar-refractivity contribution < 1.29 is 22.6 Å². The molecule has 0 N–H and O–H groups in total. The molecule has 3 rings (SSSR count). The minimum absolute atomic E-state index is 0.132. The smallest absolute Gasteiger partial charge is 0.293 e. The monoisotopic (exact) mass is 382 g/mol. The fraction of sp³-hybridized carbons (Fsp3) is 0.467. The molecular formula is C15H18N4O6S. The first-order chi connectivity index (χ1) is 12.3. The normalized spacial score (nSPS) is 18.6. The van der Waals surface area contributed by atoms with E-state index >= 15 is 0 Å². The van der Waals surface area contributed by atoms with E-state index < -0.39 is 20.6 Å². The quantitative estimate of drug-likeness (QED) is 0.566. The molecule has 1 atom stereocenters. The molecule has 0 radical (unpaired) electrons. The molecule has 0 amide bonds. The molecule has 1 fully saturated rings. The standard InChI is InChI=1S/C15H18N4O6S/c1-10-16-15(25-17-10)11-4-3-7-18(9-11)26(22,23)14-6-5-12(24-2)8-13(14)19(20)21/h5-6,8,11H,3-4,7,9H2,1-2H3. The summed E-state index contributed by atoms with van der Waals surface area (Å²) in [5.74, 6) is 0.836.